The molecule has 2 aliphatic rings. The molecule has 106 valence electrons. The van der Waals surface area contributed by atoms with Gasteiger partial charge in [-0.1, -0.05) is 26.0 Å². The van der Waals surface area contributed by atoms with E-state index < -0.39 is 0 Å². The molecule has 0 bridgehead atoms. The van der Waals surface area contributed by atoms with Crippen LogP contribution in [0.3, 0.4) is 0 Å². The lowest BCUT2D eigenvalue weighted by Crippen LogP contribution is -2.49. The van der Waals surface area contributed by atoms with Gasteiger partial charge in [0.05, 0.1) is 0 Å². The van der Waals surface area contributed by atoms with Crippen LogP contribution in [0.4, 0.5) is 0 Å². The highest BCUT2D eigenvalue weighted by molar-refractivity contribution is 5.88. The molecule has 1 aromatic heterocycles. The number of hydrogen-bond donors (Lipinski definition) is 1. The first-order valence-corrected chi connectivity index (χ1v) is 8.11. The van der Waals surface area contributed by atoms with Crippen LogP contribution in [-0.4, -0.2) is 29.0 Å². The monoisotopic (exact) mass is 268 g/mol. The molecule has 0 amide bonds. The van der Waals surface area contributed by atoms with Crippen molar-refractivity contribution in [1.82, 2.24) is 9.88 Å². The van der Waals surface area contributed by atoms with E-state index in [1.54, 1.807) is 5.56 Å². The second-order valence-electron chi connectivity index (χ2n) is 6.80. The van der Waals surface area contributed by atoms with Crippen molar-refractivity contribution < 1.29 is 0 Å². The molecular formula is C18H24N2. The van der Waals surface area contributed by atoms with E-state index in [2.05, 4.69) is 48.1 Å². The topological polar surface area (TPSA) is 19.0 Å². The van der Waals surface area contributed by atoms with Crippen molar-refractivity contribution in [3.63, 3.8) is 0 Å². The Morgan fingerprint density at radius 3 is 3.10 bits per heavy atom. The van der Waals surface area contributed by atoms with Crippen molar-refractivity contribution in [2.24, 2.45) is 5.92 Å². The van der Waals surface area contributed by atoms with Gasteiger partial charge < -0.3 is 4.98 Å². The molecule has 2 nitrogen and oxygen atoms in total. The van der Waals surface area contributed by atoms with Gasteiger partial charge in [-0.2, -0.15) is 0 Å². The molecule has 0 saturated carbocycles. The third-order valence-corrected chi connectivity index (χ3v) is 5.30. The third-order valence-electron chi connectivity index (χ3n) is 5.30. The Morgan fingerprint density at radius 1 is 1.35 bits per heavy atom. The third kappa shape index (κ3) is 1.74. The molecule has 0 radical (unpaired) electrons. The zero-order valence-electron chi connectivity index (χ0n) is 12.5. The van der Waals surface area contributed by atoms with E-state index in [0.717, 1.165) is 17.9 Å². The molecule has 0 spiro atoms. The van der Waals surface area contributed by atoms with Gasteiger partial charge in [0.2, 0.25) is 0 Å². The molecular weight excluding hydrogens is 244 g/mol. The largest absolute Gasteiger partial charge is 0.361 e. The summed E-state index contributed by atoms with van der Waals surface area (Å²) in [5, 5.41) is 1.53. The number of hydrogen-bond acceptors (Lipinski definition) is 1. The zero-order valence-corrected chi connectivity index (χ0v) is 12.5. The number of likely N-dealkylation sites (tertiary alicyclic amines) is 1. The molecule has 1 N–H and O–H groups in total. The van der Waals surface area contributed by atoms with E-state index in [4.69, 9.17) is 0 Å². The van der Waals surface area contributed by atoms with Gasteiger partial charge in [-0.25, -0.2) is 0 Å². The van der Waals surface area contributed by atoms with Crippen molar-refractivity contribution >= 4 is 10.9 Å². The second kappa shape index (κ2) is 4.63. The highest BCUT2D eigenvalue weighted by Gasteiger charge is 2.39. The van der Waals surface area contributed by atoms with Crippen molar-refractivity contribution in [3.05, 3.63) is 35.5 Å². The predicted octanol–water partition coefficient (Wildman–Crippen LogP) is 3.93. The first-order chi connectivity index (χ1) is 9.78. The average molecular weight is 268 g/mol. The number of fused-ring (bicyclic) bond motifs is 2. The Hall–Kier alpha value is -1.28. The molecule has 2 heterocycles. The van der Waals surface area contributed by atoms with Crippen LogP contribution in [0, 0.1) is 5.92 Å². The lowest BCUT2D eigenvalue weighted by Gasteiger charge is -2.46. The summed E-state index contributed by atoms with van der Waals surface area (Å²) in [5.41, 5.74) is 4.46. The quantitative estimate of drug-likeness (QED) is 0.874. The Labute approximate surface area is 121 Å². The minimum Gasteiger partial charge on any atom is -0.361 e. The van der Waals surface area contributed by atoms with Crippen molar-refractivity contribution in [1.29, 1.82) is 0 Å². The van der Waals surface area contributed by atoms with Crippen LogP contribution >= 0.6 is 0 Å². The number of benzene rings is 1. The number of nitrogens with zero attached hydrogens (tertiary/aromatic N) is 1. The van der Waals surface area contributed by atoms with Crippen LogP contribution in [0.25, 0.3) is 10.9 Å². The van der Waals surface area contributed by atoms with E-state index in [1.807, 2.05) is 0 Å². The fraction of sp³-hybridized carbons (Fsp3) is 0.556. The first kappa shape index (κ1) is 12.5. The van der Waals surface area contributed by atoms with Gasteiger partial charge in [0, 0.05) is 35.6 Å². The molecule has 3 unspecified atom stereocenters. The minimum absolute atomic E-state index is 0.722. The Bertz CT molecular complexity index is 627. The summed E-state index contributed by atoms with van der Waals surface area (Å²) in [4.78, 5) is 6.23. The summed E-state index contributed by atoms with van der Waals surface area (Å²) >= 11 is 0. The maximum Gasteiger partial charge on any atom is 0.0459 e. The van der Waals surface area contributed by atoms with Gasteiger partial charge in [0.15, 0.2) is 0 Å². The number of aromatic nitrogens is 1. The summed E-state index contributed by atoms with van der Waals surface area (Å²) < 4.78 is 0. The Morgan fingerprint density at radius 2 is 2.25 bits per heavy atom. The molecule has 3 atom stereocenters. The standard InChI is InChI=1S/C18H24N2/c1-3-7-20-11-12(2)8-15-14-5-4-6-16-18(14)13(10-19-16)9-17(15)20/h4-6,10,12,15,17,19H,3,7-9,11H2,1-2H3. The lowest BCUT2D eigenvalue weighted by atomic mass is 9.72. The molecule has 2 heteroatoms. The van der Waals surface area contributed by atoms with E-state index in [9.17, 15) is 0 Å². The molecule has 1 saturated heterocycles. The summed E-state index contributed by atoms with van der Waals surface area (Å²) in [5.74, 6) is 1.55. The predicted molar refractivity (Wildman–Crippen MR) is 84.2 cm³/mol. The van der Waals surface area contributed by atoms with Gasteiger partial charge in [-0.15, -0.1) is 0 Å². The zero-order chi connectivity index (χ0) is 13.7. The van der Waals surface area contributed by atoms with Gasteiger partial charge in [0.25, 0.3) is 0 Å². The van der Waals surface area contributed by atoms with Crippen LogP contribution in [0.1, 0.15) is 43.7 Å². The first-order valence-electron chi connectivity index (χ1n) is 8.11. The summed E-state index contributed by atoms with van der Waals surface area (Å²) in [6.07, 6.45) is 6.09. The fourth-order valence-electron chi connectivity index (χ4n) is 4.59. The van der Waals surface area contributed by atoms with E-state index in [0.29, 0.717) is 0 Å². The maximum atomic E-state index is 3.47. The molecule has 20 heavy (non-hydrogen) atoms. The summed E-state index contributed by atoms with van der Waals surface area (Å²) in [7, 11) is 0. The number of piperidine rings is 1. The highest BCUT2D eigenvalue weighted by atomic mass is 15.2. The van der Waals surface area contributed by atoms with Gasteiger partial charge in [-0.3, -0.25) is 4.90 Å². The molecule has 1 aliphatic carbocycles. The van der Waals surface area contributed by atoms with Crippen LogP contribution < -0.4 is 0 Å². The smallest absolute Gasteiger partial charge is 0.0459 e. The average Bonchev–Trinajstić information content (AvgIpc) is 2.85. The molecule has 1 aromatic carbocycles. The Kier molecular flexibility index (Phi) is 2.88. The van der Waals surface area contributed by atoms with Gasteiger partial charge >= 0.3 is 0 Å². The fourth-order valence-corrected chi connectivity index (χ4v) is 4.59. The van der Waals surface area contributed by atoms with Gasteiger partial charge in [-0.05, 0) is 48.9 Å². The molecule has 1 aliphatic heterocycles. The van der Waals surface area contributed by atoms with E-state index in [1.165, 1.54) is 48.8 Å². The Balaban J connectivity index is 1.82. The number of aromatic amines is 1. The summed E-state index contributed by atoms with van der Waals surface area (Å²) in [6.45, 7) is 7.26. The van der Waals surface area contributed by atoms with Crippen LogP contribution in [0.2, 0.25) is 0 Å². The van der Waals surface area contributed by atoms with Crippen LogP contribution in [-0.2, 0) is 6.42 Å². The van der Waals surface area contributed by atoms with E-state index >= 15 is 0 Å². The second-order valence-corrected chi connectivity index (χ2v) is 6.80. The SMILES string of the molecule is CCCN1CC(C)CC2c3cccc4[nH]cc(c34)CC21. The number of rotatable bonds is 2. The lowest BCUT2D eigenvalue weighted by molar-refractivity contribution is 0.0911. The summed E-state index contributed by atoms with van der Waals surface area (Å²) in [6, 6.07) is 7.54. The van der Waals surface area contributed by atoms with Gasteiger partial charge in [0.1, 0.15) is 0 Å². The molecule has 2 aromatic rings. The van der Waals surface area contributed by atoms with Crippen LogP contribution in [0.5, 0.6) is 0 Å². The van der Waals surface area contributed by atoms with Crippen molar-refractivity contribution in [2.75, 3.05) is 13.1 Å². The minimum atomic E-state index is 0.722. The molecule has 1 fully saturated rings. The number of nitrogens with one attached hydrogen (secondary N) is 1. The molecule has 4 rings (SSSR count). The maximum absolute atomic E-state index is 3.47. The highest BCUT2D eigenvalue weighted by Crippen LogP contribution is 2.44. The van der Waals surface area contributed by atoms with Crippen LogP contribution in [0.15, 0.2) is 24.4 Å². The normalized spacial score (nSPS) is 29.6. The van der Waals surface area contributed by atoms with Crippen molar-refractivity contribution in [3.8, 4) is 0 Å². The van der Waals surface area contributed by atoms with E-state index in [-0.39, 0.29) is 0 Å². The van der Waals surface area contributed by atoms with Crippen molar-refractivity contribution in [2.45, 2.75) is 45.1 Å². The number of H-pyrrole nitrogens is 1.